The first-order valence-electron chi connectivity index (χ1n) is 8.34. The van der Waals surface area contributed by atoms with Gasteiger partial charge in [-0.25, -0.2) is 0 Å². The van der Waals surface area contributed by atoms with E-state index in [9.17, 15) is 4.79 Å². The first-order chi connectivity index (χ1) is 11.5. The van der Waals surface area contributed by atoms with Crippen LogP contribution in [0.2, 0.25) is 0 Å². The van der Waals surface area contributed by atoms with Crippen LogP contribution in [0.15, 0.2) is 10.6 Å². The van der Waals surface area contributed by atoms with Crippen LogP contribution in [0.5, 0.6) is 0 Å². The highest BCUT2D eigenvalue weighted by Gasteiger charge is 2.32. The molecule has 0 spiro atoms. The summed E-state index contributed by atoms with van der Waals surface area (Å²) in [5, 5.41) is 11.4. The van der Waals surface area contributed by atoms with E-state index in [4.69, 9.17) is 9.26 Å². The van der Waals surface area contributed by atoms with Crippen LogP contribution in [-0.4, -0.2) is 40.1 Å². The van der Waals surface area contributed by atoms with Crippen molar-refractivity contribution in [2.45, 2.75) is 46.7 Å². The van der Waals surface area contributed by atoms with Gasteiger partial charge in [0.25, 0.3) is 5.91 Å². The van der Waals surface area contributed by atoms with Crippen molar-refractivity contribution in [2.24, 2.45) is 5.92 Å². The summed E-state index contributed by atoms with van der Waals surface area (Å²) in [6, 6.07) is 1.89. The molecule has 2 unspecified atom stereocenters. The Hall–Kier alpha value is -2.15. The second-order valence-corrected chi connectivity index (χ2v) is 6.38. The number of rotatable bonds is 5. The standard InChI is InChI=1S/C17H24N4O3/c1-5-21-12(4)16(11(3)19-21)17(22)18-15-9-23-8-13(15)7-14-6-10(2)20-24-14/h6,13,15H,5,7-9H2,1-4H3,(H,18,22). The topological polar surface area (TPSA) is 82.2 Å². The maximum absolute atomic E-state index is 12.7. The zero-order valence-corrected chi connectivity index (χ0v) is 14.6. The number of nitrogens with zero attached hydrogens (tertiary/aromatic N) is 3. The minimum atomic E-state index is -0.0843. The summed E-state index contributed by atoms with van der Waals surface area (Å²) in [7, 11) is 0. The van der Waals surface area contributed by atoms with E-state index in [2.05, 4.69) is 15.6 Å². The lowest BCUT2D eigenvalue weighted by atomic mass is 9.97. The monoisotopic (exact) mass is 332 g/mol. The van der Waals surface area contributed by atoms with E-state index < -0.39 is 0 Å². The zero-order valence-electron chi connectivity index (χ0n) is 14.6. The van der Waals surface area contributed by atoms with Crippen LogP contribution in [0.25, 0.3) is 0 Å². The fourth-order valence-electron chi connectivity index (χ4n) is 3.30. The third kappa shape index (κ3) is 3.21. The molecule has 0 radical (unpaired) electrons. The molecule has 3 rings (SSSR count). The molecule has 7 nitrogen and oxygen atoms in total. The van der Waals surface area contributed by atoms with Crippen LogP contribution in [0.1, 0.15) is 40.1 Å². The Morgan fingerprint density at radius 2 is 2.17 bits per heavy atom. The fourth-order valence-corrected chi connectivity index (χ4v) is 3.30. The van der Waals surface area contributed by atoms with Crippen molar-refractivity contribution in [3.63, 3.8) is 0 Å². The summed E-state index contributed by atoms with van der Waals surface area (Å²) < 4.78 is 12.7. The van der Waals surface area contributed by atoms with Crippen LogP contribution in [0.4, 0.5) is 0 Å². The molecule has 7 heteroatoms. The summed E-state index contributed by atoms with van der Waals surface area (Å²) in [5.41, 5.74) is 3.18. The number of carbonyl (C=O) groups excluding carboxylic acids is 1. The number of ether oxygens (including phenoxy) is 1. The molecule has 2 aromatic rings. The van der Waals surface area contributed by atoms with Crippen LogP contribution in [0.3, 0.4) is 0 Å². The van der Waals surface area contributed by atoms with Crippen molar-refractivity contribution in [3.8, 4) is 0 Å². The van der Waals surface area contributed by atoms with E-state index in [0.717, 1.165) is 29.4 Å². The molecule has 1 aliphatic rings. The molecule has 3 heterocycles. The van der Waals surface area contributed by atoms with Gasteiger partial charge in [-0.15, -0.1) is 0 Å². The van der Waals surface area contributed by atoms with Gasteiger partial charge in [0.05, 0.1) is 36.2 Å². The second kappa shape index (κ2) is 6.76. The SMILES string of the molecule is CCn1nc(C)c(C(=O)NC2COCC2Cc2cc(C)no2)c1C. The van der Waals surface area contributed by atoms with Crippen LogP contribution < -0.4 is 5.32 Å². The van der Waals surface area contributed by atoms with Gasteiger partial charge in [0.15, 0.2) is 0 Å². The van der Waals surface area contributed by atoms with Crippen molar-refractivity contribution >= 4 is 5.91 Å². The van der Waals surface area contributed by atoms with E-state index in [1.807, 2.05) is 38.4 Å². The van der Waals surface area contributed by atoms with E-state index in [1.165, 1.54) is 0 Å². The Morgan fingerprint density at radius 1 is 1.38 bits per heavy atom. The molecular formula is C17H24N4O3. The quantitative estimate of drug-likeness (QED) is 0.903. The van der Waals surface area contributed by atoms with Gasteiger partial charge in [0.2, 0.25) is 0 Å². The molecule has 1 aliphatic heterocycles. The summed E-state index contributed by atoms with van der Waals surface area (Å²) in [6.07, 6.45) is 0.706. The van der Waals surface area contributed by atoms with Crippen LogP contribution in [0, 0.1) is 26.7 Å². The van der Waals surface area contributed by atoms with Gasteiger partial charge in [-0.05, 0) is 27.7 Å². The summed E-state index contributed by atoms with van der Waals surface area (Å²) in [5.74, 6) is 0.926. The highest BCUT2D eigenvalue weighted by molar-refractivity contribution is 5.96. The number of aryl methyl sites for hydroxylation is 3. The number of amides is 1. The lowest BCUT2D eigenvalue weighted by Gasteiger charge is -2.18. The third-order valence-electron chi connectivity index (χ3n) is 4.56. The van der Waals surface area contributed by atoms with Crippen LogP contribution in [-0.2, 0) is 17.7 Å². The molecule has 0 saturated carbocycles. The average Bonchev–Trinajstić information content (AvgIpc) is 3.21. The molecule has 0 bridgehead atoms. The van der Waals surface area contributed by atoms with Crippen molar-refractivity contribution in [3.05, 3.63) is 34.5 Å². The third-order valence-corrected chi connectivity index (χ3v) is 4.56. The highest BCUT2D eigenvalue weighted by atomic mass is 16.5. The van der Waals surface area contributed by atoms with Gasteiger partial charge in [-0.3, -0.25) is 9.48 Å². The number of aromatic nitrogens is 3. The Labute approximate surface area is 141 Å². The van der Waals surface area contributed by atoms with E-state index in [-0.39, 0.29) is 17.9 Å². The minimum Gasteiger partial charge on any atom is -0.379 e. The Kier molecular flexibility index (Phi) is 4.71. The number of carbonyl (C=O) groups is 1. The predicted octanol–water partition coefficient (Wildman–Crippen LogP) is 1.80. The van der Waals surface area contributed by atoms with Gasteiger partial charge in [0, 0.05) is 30.6 Å². The van der Waals surface area contributed by atoms with Crippen LogP contribution >= 0.6 is 0 Å². The van der Waals surface area contributed by atoms with Gasteiger partial charge in [-0.1, -0.05) is 5.16 Å². The first kappa shape index (κ1) is 16.7. The smallest absolute Gasteiger partial charge is 0.255 e. The molecule has 2 aromatic heterocycles. The molecule has 130 valence electrons. The van der Waals surface area contributed by atoms with Crippen molar-refractivity contribution in [1.29, 1.82) is 0 Å². The first-order valence-corrected chi connectivity index (χ1v) is 8.34. The molecule has 0 aliphatic carbocycles. The number of hydrogen-bond acceptors (Lipinski definition) is 5. The lowest BCUT2D eigenvalue weighted by molar-refractivity contribution is 0.0923. The zero-order chi connectivity index (χ0) is 17.3. The second-order valence-electron chi connectivity index (χ2n) is 6.38. The highest BCUT2D eigenvalue weighted by Crippen LogP contribution is 2.21. The maximum Gasteiger partial charge on any atom is 0.255 e. The number of nitrogens with one attached hydrogen (secondary N) is 1. The predicted molar refractivity (Wildman–Crippen MR) is 87.9 cm³/mol. The van der Waals surface area contributed by atoms with E-state index >= 15 is 0 Å². The van der Waals surface area contributed by atoms with Crippen molar-refractivity contribution in [1.82, 2.24) is 20.3 Å². The van der Waals surface area contributed by atoms with E-state index in [0.29, 0.717) is 25.2 Å². The van der Waals surface area contributed by atoms with Crippen molar-refractivity contribution < 1.29 is 14.1 Å². The van der Waals surface area contributed by atoms with Gasteiger partial charge in [0.1, 0.15) is 5.76 Å². The Balaban J connectivity index is 1.70. The minimum absolute atomic E-state index is 0.0355. The number of hydrogen-bond donors (Lipinski definition) is 1. The molecule has 1 amide bonds. The van der Waals surface area contributed by atoms with Gasteiger partial charge in [-0.2, -0.15) is 5.10 Å². The summed E-state index contributed by atoms with van der Waals surface area (Å²) in [6.45, 7) is 9.59. The Bertz CT molecular complexity index is 734. The average molecular weight is 332 g/mol. The molecule has 1 fully saturated rings. The maximum atomic E-state index is 12.7. The molecule has 1 saturated heterocycles. The molecular weight excluding hydrogens is 308 g/mol. The largest absolute Gasteiger partial charge is 0.379 e. The Morgan fingerprint density at radius 3 is 2.79 bits per heavy atom. The normalized spacial score (nSPS) is 20.5. The lowest BCUT2D eigenvalue weighted by Crippen LogP contribution is -2.41. The summed E-state index contributed by atoms with van der Waals surface area (Å²) in [4.78, 5) is 12.7. The summed E-state index contributed by atoms with van der Waals surface area (Å²) >= 11 is 0. The van der Waals surface area contributed by atoms with Gasteiger partial charge < -0.3 is 14.6 Å². The molecule has 0 aromatic carbocycles. The molecule has 2 atom stereocenters. The van der Waals surface area contributed by atoms with E-state index in [1.54, 1.807) is 0 Å². The van der Waals surface area contributed by atoms with Crippen molar-refractivity contribution in [2.75, 3.05) is 13.2 Å². The fraction of sp³-hybridized carbons (Fsp3) is 0.588. The van der Waals surface area contributed by atoms with Gasteiger partial charge >= 0.3 is 0 Å². The molecule has 1 N–H and O–H groups in total. The molecule has 24 heavy (non-hydrogen) atoms.